The first-order valence-corrected chi connectivity index (χ1v) is 9.07. The van der Waals surface area contributed by atoms with E-state index in [1.165, 1.54) is 44.9 Å². The number of hydrogen-bond donors (Lipinski definition) is 0. The van der Waals surface area contributed by atoms with E-state index in [0.29, 0.717) is 24.0 Å². The van der Waals surface area contributed by atoms with Crippen molar-refractivity contribution in [3.8, 4) is 0 Å². The summed E-state index contributed by atoms with van der Waals surface area (Å²) in [6.45, 7) is 2.90. The molecule has 0 aromatic rings. The van der Waals surface area contributed by atoms with Crippen molar-refractivity contribution in [1.29, 1.82) is 0 Å². The Labute approximate surface area is 129 Å². The van der Waals surface area contributed by atoms with E-state index < -0.39 is 0 Å². The molecule has 1 spiro atoms. The van der Waals surface area contributed by atoms with Gasteiger partial charge >= 0.3 is 0 Å². The van der Waals surface area contributed by atoms with Crippen molar-refractivity contribution >= 4 is 5.91 Å². The van der Waals surface area contributed by atoms with Gasteiger partial charge in [0.05, 0.1) is 6.10 Å². The molecular formula is C18H31NO2. The van der Waals surface area contributed by atoms with E-state index >= 15 is 0 Å². The van der Waals surface area contributed by atoms with Crippen LogP contribution in [0.5, 0.6) is 0 Å². The summed E-state index contributed by atoms with van der Waals surface area (Å²) in [6.07, 6.45) is 12.6. The van der Waals surface area contributed by atoms with Gasteiger partial charge in [-0.2, -0.15) is 0 Å². The topological polar surface area (TPSA) is 29.5 Å². The highest BCUT2D eigenvalue weighted by molar-refractivity contribution is 5.79. The van der Waals surface area contributed by atoms with Crippen LogP contribution in [0.15, 0.2) is 0 Å². The summed E-state index contributed by atoms with van der Waals surface area (Å²) < 4.78 is 5.98. The minimum absolute atomic E-state index is 0.287. The smallest absolute Gasteiger partial charge is 0.225 e. The third kappa shape index (κ3) is 2.62. The lowest BCUT2D eigenvalue weighted by molar-refractivity contribution is -0.175. The highest BCUT2D eigenvalue weighted by Gasteiger charge is 2.59. The Morgan fingerprint density at radius 1 is 1.14 bits per heavy atom. The van der Waals surface area contributed by atoms with E-state index in [2.05, 4.69) is 18.9 Å². The predicted molar refractivity (Wildman–Crippen MR) is 84.1 cm³/mol. The summed E-state index contributed by atoms with van der Waals surface area (Å²) in [5.74, 6) is 0.717. The third-order valence-electron chi connectivity index (χ3n) is 6.41. The van der Waals surface area contributed by atoms with E-state index in [-0.39, 0.29) is 5.41 Å². The van der Waals surface area contributed by atoms with E-state index in [1.54, 1.807) is 0 Å². The van der Waals surface area contributed by atoms with Crippen LogP contribution >= 0.6 is 0 Å². The van der Waals surface area contributed by atoms with Crippen LogP contribution in [0.2, 0.25) is 0 Å². The molecule has 0 heterocycles. The SMILES string of the molecule is CCO[C@@H]1C[C@H](N(C)C(=O)C2CCCCC2)C12CCCC2. The van der Waals surface area contributed by atoms with Gasteiger partial charge in [0.15, 0.2) is 0 Å². The molecule has 0 unspecified atom stereocenters. The maximum atomic E-state index is 12.8. The molecule has 0 aliphatic heterocycles. The lowest BCUT2D eigenvalue weighted by Gasteiger charge is -2.57. The van der Waals surface area contributed by atoms with Crippen LogP contribution in [-0.2, 0) is 9.53 Å². The lowest BCUT2D eigenvalue weighted by atomic mass is 9.60. The summed E-state index contributed by atoms with van der Waals surface area (Å²) in [6, 6.07) is 0.436. The largest absolute Gasteiger partial charge is 0.378 e. The summed E-state index contributed by atoms with van der Waals surface area (Å²) in [5, 5.41) is 0. The molecule has 3 rings (SSSR count). The minimum atomic E-state index is 0.287. The van der Waals surface area contributed by atoms with E-state index in [0.717, 1.165) is 25.9 Å². The van der Waals surface area contributed by atoms with Gasteiger partial charge in [-0.3, -0.25) is 4.79 Å². The Hall–Kier alpha value is -0.570. The van der Waals surface area contributed by atoms with Crippen LogP contribution in [0, 0.1) is 11.3 Å². The molecule has 3 aliphatic carbocycles. The molecular weight excluding hydrogens is 262 g/mol. The van der Waals surface area contributed by atoms with Crippen LogP contribution in [0.3, 0.4) is 0 Å². The van der Waals surface area contributed by atoms with E-state index in [4.69, 9.17) is 4.74 Å². The molecule has 3 nitrogen and oxygen atoms in total. The monoisotopic (exact) mass is 293 g/mol. The van der Waals surface area contributed by atoms with Crippen LogP contribution < -0.4 is 0 Å². The first-order chi connectivity index (χ1) is 10.2. The standard InChI is InChI=1S/C18H31NO2/c1-3-21-16-13-15(18(16)11-7-8-12-18)19(2)17(20)14-9-5-4-6-10-14/h14-16H,3-13H2,1-2H3/t15-,16+/m0/s1. The normalized spacial score (nSPS) is 32.1. The molecule has 0 N–H and O–H groups in total. The Bertz CT molecular complexity index is 369. The molecule has 0 saturated heterocycles. The molecule has 3 fully saturated rings. The number of ether oxygens (including phenoxy) is 1. The zero-order valence-corrected chi connectivity index (χ0v) is 13.8. The first-order valence-electron chi connectivity index (χ1n) is 9.07. The summed E-state index contributed by atoms with van der Waals surface area (Å²) >= 11 is 0. The van der Waals surface area contributed by atoms with Gasteiger partial charge in [-0.25, -0.2) is 0 Å². The fourth-order valence-corrected chi connectivity index (χ4v) is 5.18. The maximum Gasteiger partial charge on any atom is 0.225 e. The van der Waals surface area contributed by atoms with Gasteiger partial charge < -0.3 is 9.64 Å². The number of carbonyl (C=O) groups is 1. The minimum Gasteiger partial charge on any atom is -0.378 e. The van der Waals surface area contributed by atoms with Gasteiger partial charge in [0, 0.05) is 31.0 Å². The van der Waals surface area contributed by atoms with Gasteiger partial charge in [0.1, 0.15) is 0 Å². The summed E-state index contributed by atoms with van der Waals surface area (Å²) in [7, 11) is 2.06. The van der Waals surface area contributed by atoms with Crippen LogP contribution in [0.25, 0.3) is 0 Å². The van der Waals surface area contributed by atoms with Crippen LogP contribution in [0.4, 0.5) is 0 Å². The van der Waals surface area contributed by atoms with Crippen molar-refractivity contribution < 1.29 is 9.53 Å². The lowest BCUT2D eigenvalue weighted by Crippen LogP contribution is -2.64. The molecule has 3 aliphatic rings. The highest BCUT2D eigenvalue weighted by Crippen LogP contribution is 2.56. The molecule has 0 bridgehead atoms. The Morgan fingerprint density at radius 3 is 2.43 bits per heavy atom. The molecule has 21 heavy (non-hydrogen) atoms. The Balaban J connectivity index is 1.66. The number of rotatable bonds is 4. The van der Waals surface area contributed by atoms with Crippen molar-refractivity contribution in [2.45, 2.75) is 83.3 Å². The molecule has 0 radical (unpaired) electrons. The van der Waals surface area contributed by atoms with Gasteiger partial charge in [-0.1, -0.05) is 32.1 Å². The zero-order chi connectivity index (χ0) is 14.9. The van der Waals surface area contributed by atoms with Gasteiger partial charge in [0.25, 0.3) is 0 Å². The van der Waals surface area contributed by atoms with E-state index in [1.807, 2.05) is 0 Å². The Morgan fingerprint density at radius 2 is 1.81 bits per heavy atom. The van der Waals surface area contributed by atoms with E-state index in [9.17, 15) is 4.79 Å². The second-order valence-electron chi connectivity index (χ2n) is 7.42. The number of nitrogens with zero attached hydrogens (tertiary/aromatic N) is 1. The van der Waals surface area contributed by atoms with Crippen LogP contribution in [-0.4, -0.2) is 36.6 Å². The maximum absolute atomic E-state index is 12.8. The fourth-order valence-electron chi connectivity index (χ4n) is 5.18. The summed E-state index contributed by atoms with van der Waals surface area (Å²) in [5.41, 5.74) is 0.287. The quantitative estimate of drug-likeness (QED) is 0.790. The van der Waals surface area contributed by atoms with Gasteiger partial charge in [0.2, 0.25) is 5.91 Å². The molecule has 2 atom stereocenters. The average Bonchev–Trinajstić information content (AvgIpc) is 3.03. The molecule has 1 amide bonds. The molecule has 120 valence electrons. The number of carbonyl (C=O) groups excluding carboxylic acids is 1. The van der Waals surface area contributed by atoms with Crippen molar-refractivity contribution in [3.63, 3.8) is 0 Å². The second-order valence-corrected chi connectivity index (χ2v) is 7.42. The van der Waals surface area contributed by atoms with Crippen molar-refractivity contribution in [2.75, 3.05) is 13.7 Å². The van der Waals surface area contributed by atoms with Crippen molar-refractivity contribution in [3.05, 3.63) is 0 Å². The number of hydrogen-bond acceptors (Lipinski definition) is 2. The van der Waals surface area contributed by atoms with Crippen LogP contribution in [0.1, 0.15) is 71.1 Å². The highest BCUT2D eigenvalue weighted by atomic mass is 16.5. The predicted octanol–water partition coefficient (Wildman–Crippen LogP) is 3.76. The fraction of sp³-hybridized carbons (Fsp3) is 0.944. The third-order valence-corrected chi connectivity index (χ3v) is 6.41. The first kappa shape index (κ1) is 15.3. The van der Waals surface area contributed by atoms with Gasteiger partial charge in [-0.15, -0.1) is 0 Å². The number of amides is 1. The summed E-state index contributed by atoms with van der Waals surface area (Å²) in [4.78, 5) is 14.9. The molecule has 0 aromatic carbocycles. The van der Waals surface area contributed by atoms with Crippen molar-refractivity contribution in [1.82, 2.24) is 4.90 Å². The molecule has 3 saturated carbocycles. The molecule has 3 heteroatoms. The molecule has 0 aromatic heterocycles. The van der Waals surface area contributed by atoms with Gasteiger partial charge in [-0.05, 0) is 39.0 Å². The van der Waals surface area contributed by atoms with Crippen molar-refractivity contribution in [2.24, 2.45) is 11.3 Å². The average molecular weight is 293 g/mol. The Kier molecular flexibility index (Phi) is 4.58. The zero-order valence-electron chi connectivity index (χ0n) is 13.8. The second kappa shape index (κ2) is 6.28.